The predicted octanol–water partition coefficient (Wildman–Crippen LogP) is 3.94. The zero-order valence-electron chi connectivity index (χ0n) is 13.8. The van der Waals surface area contributed by atoms with Crippen LogP contribution in [0.15, 0.2) is 59.5 Å². The molecule has 1 saturated heterocycles. The number of amides is 1. The molecule has 1 N–H and O–H groups in total. The van der Waals surface area contributed by atoms with E-state index in [1.54, 1.807) is 24.3 Å². The van der Waals surface area contributed by atoms with Crippen molar-refractivity contribution in [2.45, 2.75) is 13.0 Å². The third-order valence-electron chi connectivity index (χ3n) is 3.62. The van der Waals surface area contributed by atoms with Crippen molar-refractivity contribution in [2.24, 2.45) is 0 Å². The van der Waals surface area contributed by atoms with Crippen molar-refractivity contribution < 1.29 is 19.4 Å². The lowest BCUT2D eigenvalue weighted by Gasteiger charge is -2.13. The molecule has 1 unspecified atom stereocenters. The van der Waals surface area contributed by atoms with Gasteiger partial charge in [0.1, 0.15) is 5.75 Å². The Balaban J connectivity index is 1.83. The molecular weight excluding hydrogens is 370 g/mol. The minimum Gasteiger partial charge on any atom is -0.479 e. The Bertz CT molecular complexity index is 895. The number of carboxylic acid groups (broad SMARTS) is 1. The quantitative estimate of drug-likeness (QED) is 0.621. The van der Waals surface area contributed by atoms with Gasteiger partial charge in [-0.2, -0.15) is 0 Å². The first-order valence-corrected chi connectivity index (χ1v) is 9.01. The maximum absolute atomic E-state index is 12.7. The summed E-state index contributed by atoms with van der Waals surface area (Å²) in [6.07, 6.45) is 0.766. The van der Waals surface area contributed by atoms with E-state index < -0.39 is 12.1 Å². The lowest BCUT2D eigenvalue weighted by molar-refractivity contribution is -0.144. The van der Waals surface area contributed by atoms with Gasteiger partial charge in [0.2, 0.25) is 0 Å². The first-order chi connectivity index (χ1) is 12.5. The summed E-state index contributed by atoms with van der Waals surface area (Å²) in [5.41, 5.74) is 1.46. The Morgan fingerprint density at radius 1 is 1.23 bits per heavy atom. The number of thiocarbonyl (C=S) groups is 1. The number of benzene rings is 2. The second kappa shape index (κ2) is 7.72. The Morgan fingerprint density at radius 2 is 1.96 bits per heavy atom. The first kappa shape index (κ1) is 18.2. The molecule has 0 spiro atoms. The number of aliphatic carboxylic acids is 1. The first-order valence-electron chi connectivity index (χ1n) is 7.78. The normalized spacial score (nSPS) is 16.8. The average Bonchev–Trinajstić information content (AvgIpc) is 2.89. The van der Waals surface area contributed by atoms with Crippen molar-refractivity contribution in [1.29, 1.82) is 0 Å². The number of para-hydroxylation sites is 1. The van der Waals surface area contributed by atoms with E-state index >= 15 is 0 Å². The van der Waals surface area contributed by atoms with Crippen LogP contribution in [0.2, 0.25) is 0 Å². The van der Waals surface area contributed by atoms with Gasteiger partial charge in [-0.05, 0) is 42.8 Å². The van der Waals surface area contributed by atoms with E-state index in [1.807, 2.05) is 36.4 Å². The van der Waals surface area contributed by atoms with Gasteiger partial charge in [0.25, 0.3) is 5.91 Å². The Hall–Kier alpha value is -2.64. The van der Waals surface area contributed by atoms with Gasteiger partial charge in [-0.15, -0.1) is 0 Å². The lowest BCUT2D eigenvalue weighted by atomic mass is 10.2. The highest BCUT2D eigenvalue weighted by Gasteiger charge is 2.33. The largest absolute Gasteiger partial charge is 0.479 e. The van der Waals surface area contributed by atoms with Gasteiger partial charge in [0.15, 0.2) is 10.4 Å². The van der Waals surface area contributed by atoms with Crippen LogP contribution in [0.1, 0.15) is 12.5 Å². The van der Waals surface area contributed by atoms with Crippen molar-refractivity contribution in [3.63, 3.8) is 0 Å². The maximum Gasteiger partial charge on any atom is 0.344 e. The standard InChI is InChI=1S/C19H15NO4S2/c1-12(18(22)23)24-15-9-5-6-13(10-15)11-16-17(21)20(19(25)26-16)14-7-3-2-4-8-14/h2-12H,1H3,(H,22,23)/b16-11+. The summed E-state index contributed by atoms with van der Waals surface area (Å²) in [6.45, 7) is 1.46. The van der Waals surface area contributed by atoms with E-state index in [9.17, 15) is 9.59 Å². The molecule has 1 aliphatic rings. The summed E-state index contributed by atoms with van der Waals surface area (Å²) < 4.78 is 5.83. The van der Waals surface area contributed by atoms with E-state index in [0.717, 1.165) is 11.3 Å². The number of thioether (sulfide) groups is 1. The molecule has 3 rings (SSSR count). The van der Waals surface area contributed by atoms with Gasteiger partial charge < -0.3 is 9.84 Å². The van der Waals surface area contributed by atoms with Gasteiger partial charge in [-0.3, -0.25) is 9.69 Å². The molecule has 132 valence electrons. The second-order valence-electron chi connectivity index (χ2n) is 5.52. The Labute approximate surface area is 160 Å². The van der Waals surface area contributed by atoms with E-state index in [-0.39, 0.29) is 5.91 Å². The van der Waals surface area contributed by atoms with Crippen LogP contribution < -0.4 is 9.64 Å². The van der Waals surface area contributed by atoms with Crippen LogP contribution in [0, 0.1) is 0 Å². The summed E-state index contributed by atoms with van der Waals surface area (Å²) in [7, 11) is 0. The van der Waals surface area contributed by atoms with Crippen molar-refractivity contribution in [3.05, 3.63) is 65.1 Å². The smallest absolute Gasteiger partial charge is 0.344 e. The molecule has 26 heavy (non-hydrogen) atoms. The Kier molecular flexibility index (Phi) is 5.39. The third-order valence-corrected chi connectivity index (χ3v) is 4.93. The van der Waals surface area contributed by atoms with Gasteiger partial charge in [0, 0.05) is 0 Å². The number of nitrogens with zero attached hydrogens (tertiary/aromatic N) is 1. The van der Waals surface area contributed by atoms with E-state index in [4.69, 9.17) is 22.1 Å². The fourth-order valence-corrected chi connectivity index (χ4v) is 3.65. The van der Waals surface area contributed by atoms with Gasteiger partial charge in [-0.25, -0.2) is 4.79 Å². The van der Waals surface area contributed by atoms with E-state index in [1.165, 1.54) is 23.6 Å². The van der Waals surface area contributed by atoms with Crippen molar-refractivity contribution in [3.8, 4) is 5.75 Å². The molecule has 1 amide bonds. The average molecular weight is 385 g/mol. The predicted molar refractivity (Wildman–Crippen MR) is 106 cm³/mol. The molecular formula is C19H15NO4S2. The molecule has 1 aliphatic heterocycles. The summed E-state index contributed by atoms with van der Waals surface area (Å²) in [6, 6.07) is 16.1. The molecule has 0 saturated carbocycles. The second-order valence-corrected chi connectivity index (χ2v) is 7.20. The molecule has 0 radical (unpaired) electrons. The minimum atomic E-state index is -1.04. The molecule has 5 nitrogen and oxygen atoms in total. The van der Waals surface area contributed by atoms with Crippen LogP contribution in [0.3, 0.4) is 0 Å². The number of carbonyl (C=O) groups is 2. The number of carboxylic acids is 1. The van der Waals surface area contributed by atoms with Crippen LogP contribution >= 0.6 is 24.0 Å². The number of ether oxygens (including phenoxy) is 1. The maximum atomic E-state index is 12.7. The van der Waals surface area contributed by atoms with Crippen LogP contribution in [0.5, 0.6) is 5.75 Å². The molecule has 1 atom stereocenters. The SMILES string of the molecule is CC(Oc1cccc(/C=C2/SC(=S)N(c3ccccc3)C2=O)c1)C(=O)O. The van der Waals surface area contributed by atoms with Crippen molar-refractivity contribution in [2.75, 3.05) is 4.90 Å². The van der Waals surface area contributed by atoms with Crippen LogP contribution in [0.4, 0.5) is 5.69 Å². The molecule has 1 heterocycles. The molecule has 7 heteroatoms. The third kappa shape index (κ3) is 3.95. The molecule has 0 aliphatic carbocycles. The topological polar surface area (TPSA) is 66.8 Å². The van der Waals surface area contributed by atoms with E-state index in [2.05, 4.69) is 0 Å². The monoisotopic (exact) mass is 385 g/mol. The number of hydrogen-bond acceptors (Lipinski definition) is 5. The zero-order chi connectivity index (χ0) is 18.7. The van der Waals surface area contributed by atoms with Crippen molar-refractivity contribution in [1.82, 2.24) is 0 Å². The highest BCUT2D eigenvalue weighted by atomic mass is 32.2. The zero-order valence-corrected chi connectivity index (χ0v) is 15.4. The van der Waals surface area contributed by atoms with Crippen LogP contribution in [-0.2, 0) is 9.59 Å². The summed E-state index contributed by atoms with van der Waals surface area (Å²) >= 11 is 6.57. The summed E-state index contributed by atoms with van der Waals surface area (Å²) in [5.74, 6) is -0.803. The fourth-order valence-electron chi connectivity index (χ4n) is 2.35. The van der Waals surface area contributed by atoms with Gasteiger partial charge in [0.05, 0.1) is 10.6 Å². The number of carbonyl (C=O) groups excluding carboxylic acids is 1. The number of hydrogen-bond donors (Lipinski definition) is 1. The highest BCUT2D eigenvalue weighted by Crippen LogP contribution is 2.36. The molecule has 2 aromatic rings. The van der Waals surface area contributed by atoms with Gasteiger partial charge in [-0.1, -0.05) is 54.3 Å². The Morgan fingerprint density at radius 3 is 2.65 bits per heavy atom. The molecule has 2 aromatic carbocycles. The lowest BCUT2D eigenvalue weighted by Crippen LogP contribution is -2.27. The number of rotatable bonds is 5. The molecule has 0 bridgehead atoms. The summed E-state index contributed by atoms with van der Waals surface area (Å²) in [5, 5.41) is 8.94. The number of anilines is 1. The summed E-state index contributed by atoms with van der Waals surface area (Å²) in [4.78, 5) is 25.6. The minimum absolute atomic E-state index is 0.184. The van der Waals surface area contributed by atoms with Crippen LogP contribution in [-0.4, -0.2) is 27.4 Å². The van der Waals surface area contributed by atoms with Crippen molar-refractivity contribution >= 4 is 51.9 Å². The van der Waals surface area contributed by atoms with Gasteiger partial charge >= 0.3 is 5.97 Å². The van der Waals surface area contributed by atoms with Crippen LogP contribution in [0.25, 0.3) is 6.08 Å². The fraction of sp³-hybridized carbons (Fsp3) is 0.105. The molecule has 1 fully saturated rings. The highest BCUT2D eigenvalue weighted by molar-refractivity contribution is 8.27. The van der Waals surface area contributed by atoms with E-state index in [0.29, 0.717) is 15.0 Å². The molecule has 0 aromatic heterocycles.